The van der Waals surface area contributed by atoms with Crippen molar-refractivity contribution < 1.29 is 4.79 Å². The number of Topliss-reactive ketones (excluding diaryl/α,β-unsaturated/α-hetero) is 1. The van der Waals surface area contributed by atoms with Gasteiger partial charge in [-0.25, -0.2) is 0 Å². The Morgan fingerprint density at radius 2 is 2.24 bits per heavy atom. The van der Waals surface area contributed by atoms with Crippen molar-refractivity contribution in [2.45, 2.75) is 38.1 Å². The highest BCUT2D eigenvalue weighted by molar-refractivity contribution is 5.89. The maximum Gasteiger partial charge on any atom is 0.134 e. The summed E-state index contributed by atoms with van der Waals surface area (Å²) in [6.45, 7) is 4.99. The molecule has 1 N–H and O–H groups in total. The standard InChI is InChI=1S/C18H22N2O/c1-11(21)12-7-15-14-5-4-6-16-17(14)13(9-19-16)8-18(15,2)20(3)10-12/h4-6,9,12,15,19H,7-8,10H2,1-3H3/t12-,15?,18-/m1/s1. The van der Waals surface area contributed by atoms with Crippen molar-refractivity contribution >= 4 is 16.7 Å². The van der Waals surface area contributed by atoms with Crippen LogP contribution in [0.4, 0.5) is 0 Å². The van der Waals surface area contributed by atoms with Crippen LogP contribution in [0.1, 0.15) is 37.3 Å². The molecule has 1 unspecified atom stereocenters. The fourth-order valence-electron chi connectivity index (χ4n) is 4.53. The zero-order valence-corrected chi connectivity index (χ0v) is 12.9. The maximum atomic E-state index is 11.9. The summed E-state index contributed by atoms with van der Waals surface area (Å²) in [5.74, 6) is 0.942. The fourth-order valence-corrected chi connectivity index (χ4v) is 4.53. The third-order valence-electron chi connectivity index (χ3n) is 5.96. The van der Waals surface area contributed by atoms with E-state index >= 15 is 0 Å². The fraction of sp³-hybridized carbons (Fsp3) is 0.500. The number of carbonyl (C=O) groups excluding carboxylic acids is 1. The Hall–Kier alpha value is -1.61. The minimum atomic E-state index is 0.120. The molecular formula is C18H22N2O. The molecule has 1 aliphatic carbocycles. The van der Waals surface area contributed by atoms with Gasteiger partial charge in [0, 0.05) is 41.0 Å². The van der Waals surface area contributed by atoms with Gasteiger partial charge < -0.3 is 4.98 Å². The number of hydrogen-bond acceptors (Lipinski definition) is 2. The molecule has 21 heavy (non-hydrogen) atoms. The molecule has 3 heteroatoms. The molecule has 0 bridgehead atoms. The topological polar surface area (TPSA) is 36.1 Å². The lowest BCUT2D eigenvalue weighted by Gasteiger charge is -2.53. The van der Waals surface area contributed by atoms with Gasteiger partial charge in [0.05, 0.1) is 0 Å². The number of nitrogens with zero attached hydrogens (tertiary/aromatic N) is 1. The summed E-state index contributed by atoms with van der Waals surface area (Å²) in [5, 5.41) is 1.40. The minimum Gasteiger partial charge on any atom is -0.361 e. The minimum absolute atomic E-state index is 0.120. The highest BCUT2D eigenvalue weighted by atomic mass is 16.1. The molecule has 1 fully saturated rings. The second kappa shape index (κ2) is 4.20. The molecule has 0 radical (unpaired) electrons. The highest BCUT2D eigenvalue weighted by Gasteiger charge is 2.48. The number of nitrogens with one attached hydrogen (secondary N) is 1. The molecule has 2 aliphatic rings. The van der Waals surface area contributed by atoms with Crippen LogP contribution in [0.3, 0.4) is 0 Å². The number of ketones is 1. The van der Waals surface area contributed by atoms with Crippen LogP contribution in [-0.2, 0) is 11.2 Å². The first-order valence-electron chi connectivity index (χ1n) is 7.81. The van der Waals surface area contributed by atoms with Crippen molar-refractivity contribution in [2.75, 3.05) is 13.6 Å². The van der Waals surface area contributed by atoms with Gasteiger partial charge in [0.1, 0.15) is 5.78 Å². The number of likely N-dealkylation sites (tertiary alicyclic amines) is 1. The third-order valence-corrected chi connectivity index (χ3v) is 5.96. The summed E-state index contributed by atoms with van der Waals surface area (Å²) in [6.07, 6.45) is 4.22. The maximum absolute atomic E-state index is 11.9. The van der Waals surface area contributed by atoms with Crippen molar-refractivity contribution in [2.24, 2.45) is 5.92 Å². The van der Waals surface area contributed by atoms with Crippen molar-refractivity contribution in [3.8, 4) is 0 Å². The quantitative estimate of drug-likeness (QED) is 0.872. The lowest BCUT2D eigenvalue weighted by Crippen LogP contribution is -2.58. The van der Waals surface area contributed by atoms with E-state index in [-0.39, 0.29) is 11.5 Å². The van der Waals surface area contributed by atoms with Gasteiger partial charge in [-0.05, 0) is 50.9 Å². The molecule has 1 aromatic carbocycles. The van der Waals surface area contributed by atoms with E-state index in [0.717, 1.165) is 19.4 Å². The predicted octanol–water partition coefficient (Wildman–Crippen LogP) is 3.11. The first kappa shape index (κ1) is 13.1. The molecule has 2 aromatic rings. The highest BCUT2D eigenvalue weighted by Crippen LogP contribution is 2.50. The van der Waals surface area contributed by atoms with Crippen LogP contribution in [0.25, 0.3) is 10.9 Å². The Morgan fingerprint density at radius 3 is 3.00 bits per heavy atom. The lowest BCUT2D eigenvalue weighted by molar-refractivity contribution is -0.124. The SMILES string of the molecule is CC(=O)[C@@H]1CC2c3cccc4[nH]cc(c34)C[C@@]2(C)N(C)C1. The van der Waals surface area contributed by atoms with Gasteiger partial charge >= 0.3 is 0 Å². The van der Waals surface area contributed by atoms with Crippen LogP contribution >= 0.6 is 0 Å². The number of aromatic amines is 1. The summed E-state index contributed by atoms with van der Waals surface area (Å²) in [6, 6.07) is 6.55. The summed E-state index contributed by atoms with van der Waals surface area (Å²) < 4.78 is 0. The average Bonchev–Trinajstić information content (AvgIpc) is 2.85. The Bertz CT molecular complexity index is 732. The van der Waals surface area contributed by atoms with Gasteiger partial charge in [0.2, 0.25) is 0 Å². The first-order chi connectivity index (χ1) is 10.0. The molecule has 0 saturated carbocycles. The number of piperidine rings is 1. The van der Waals surface area contributed by atoms with Crippen molar-refractivity contribution in [1.82, 2.24) is 9.88 Å². The zero-order valence-electron chi connectivity index (χ0n) is 12.9. The molecule has 1 aliphatic heterocycles. The number of carbonyl (C=O) groups is 1. The molecule has 3 atom stereocenters. The Morgan fingerprint density at radius 1 is 1.43 bits per heavy atom. The van der Waals surface area contributed by atoms with E-state index in [9.17, 15) is 4.79 Å². The molecule has 0 amide bonds. The largest absolute Gasteiger partial charge is 0.361 e. The van der Waals surface area contributed by atoms with E-state index < -0.39 is 0 Å². The monoisotopic (exact) mass is 282 g/mol. The molecule has 2 heterocycles. The summed E-state index contributed by atoms with van der Waals surface area (Å²) in [7, 11) is 2.18. The molecule has 3 nitrogen and oxygen atoms in total. The van der Waals surface area contributed by atoms with Crippen LogP contribution in [0, 0.1) is 5.92 Å². The van der Waals surface area contributed by atoms with Gasteiger partial charge in [-0.2, -0.15) is 0 Å². The van der Waals surface area contributed by atoms with Crippen LogP contribution in [0.5, 0.6) is 0 Å². The van der Waals surface area contributed by atoms with Crippen LogP contribution in [-0.4, -0.2) is 34.8 Å². The van der Waals surface area contributed by atoms with E-state index in [1.807, 2.05) is 0 Å². The van der Waals surface area contributed by atoms with Gasteiger partial charge in [-0.3, -0.25) is 9.69 Å². The number of fused-ring (bicyclic) bond motifs is 2. The van der Waals surface area contributed by atoms with E-state index in [2.05, 4.69) is 48.3 Å². The number of aromatic nitrogens is 1. The molecule has 1 aromatic heterocycles. The zero-order chi connectivity index (χ0) is 14.8. The molecule has 0 spiro atoms. The third kappa shape index (κ3) is 1.67. The average molecular weight is 282 g/mol. The number of H-pyrrole nitrogens is 1. The Kier molecular flexibility index (Phi) is 2.62. The molecular weight excluding hydrogens is 260 g/mol. The van der Waals surface area contributed by atoms with Crippen molar-refractivity contribution in [1.29, 1.82) is 0 Å². The Labute approximate surface area is 125 Å². The van der Waals surface area contributed by atoms with Gasteiger partial charge in [0.15, 0.2) is 0 Å². The Balaban J connectivity index is 1.90. The second-order valence-electron chi connectivity index (χ2n) is 7.09. The molecule has 110 valence electrons. The normalized spacial score (nSPS) is 32.1. The van der Waals surface area contributed by atoms with E-state index in [1.165, 1.54) is 22.0 Å². The van der Waals surface area contributed by atoms with Gasteiger partial charge in [-0.15, -0.1) is 0 Å². The number of rotatable bonds is 1. The number of benzene rings is 1. The second-order valence-corrected chi connectivity index (χ2v) is 7.09. The van der Waals surface area contributed by atoms with E-state index in [0.29, 0.717) is 11.7 Å². The van der Waals surface area contributed by atoms with Crippen LogP contribution < -0.4 is 0 Å². The van der Waals surface area contributed by atoms with Gasteiger partial charge in [0.25, 0.3) is 0 Å². The number of likely N-dealkylation sites (N-methyl/N-ethyl adjacent to an activating group) is 1. The van der Waals surface area contributed by atoms with E-state index in [1.54, 1.807) is 6.92 Å². The first-order valence-corrected chi connectivity index (χ1v) is 7.81. The smallest absolute Gasteiger partial charge is 0.134 e. The van der Waals surface area contributed by atoms with Crippen LogP contribution in [0.2, 0.25) is 0 Å². The molecule has 1 saturated heterocycles. The number of hydrogen-bond donors (Lipinski definition) is 1. The summed E-state index contributed by atoms with van der Waals surface area (Å²) in [5.41, 5.74) is 4.20. The van der Waals surface area contributed by atoms with Crippen LogP contribution in [0.15, 0.2) is 24.4 Å². The van der Waals surface area contributed by atoms with E-state index in [4.69, 9.17) is 0 Å². The van der Waals surface area contributed by atoms with Crippen molar-refractivity contribution in [3.05, 3.63) is 35.5 Å². The summed E-state index contributed by atoms with van der Waals surface area (Å²) in [4.78, 5) is 17.8. The predicted molar refractivity (Wildman–Crippen MR) is 84.6 cm³/mol. The summed E-state index contributed by atoms with van der Waals surface area (Å²) >= 11 is 0. The lowest BCUT2D eigenvalue weighted by atomic mass is 9.64. The molecule has 4 rings (SSSR count). The van der Waals surface area contributed by atoms with Crippen molar-refractivity contribution in [3.63, 3.8) is 0 Å². The van der Waals surface area contributed by atoms with Gasteiger partial charge in [-0.1, -0.05) is 12.1 Å².